The van der Waals surface area contributed by atoms with Gasteiger partial charge in [0.1, 0.15) is 48.3 Å². The summed E-state index contributed by atoms with van der Waals surface area (Å²) < 4.78 is 7.03. The van der Waals surface area contributed by atoms with Gasteiger partial charge in [0.15, 0.2) is 5.78 Å². The molecule has 0 amide bonds. The quantitative estimate of drug-likeness (QED) is 0.785. The molecule has 4 aliphatic heterocycles. The van der Waals surface area contributed by atoms with Crippen molar-refractivity contribution in [1.29, 1.82) is 0 Å². The van der Waals surface area contributed by atoms with Crippen LogP contribution in [0.3, 0.4) is 0 Å². The van der Waals surface area contributed by atoms with Crippen molar-refractivity contribution in [2.24, 2.45) is 10.8 Å². The van der Waals surface area contributed by atoms with Gasteiger partial charge in [0.05, 0.1) is 6.61 Å². The summed E-state index contributed by atoms with van der Waals surface area (Å²) in [6.07, 6.45) is 1.35. The van der Waals surface area contributed by atoms with Gasteiger partial charge in [0.25, 0.3) is 0 Å². The zero-order valence-electron chi connectivity index (χ0n) is 14.7. The largest absolute Gasteiger partial charge is 0.493 e. The third kappa shape index (κ3) is 2.21. The first-order valence-corrected chi connectivity index (χ1v) is 9.88. The summed E-state index contributed by atoms with van der Waals surface area (Å²) in [5.41, 5.74) is 1.03. The van der Waals surface area contributed by atoms with E-state index in [-0.39, 0.29) is 10.8 Å². The van der Waals surface area contributed by atoms with Crippen LogP contribution < -0.4 is 14.5 Å². The lowest BCUT2D eigenvalue weighted by molar-refractivity contribution is -1.18. The molecule has 1 aromatic rings. The second-order valence-corrected chi connectivity index (χ2v) is 9.01. The maximum atomic E-state index is 13.1. The second-order valence-electron chi connectivity index (χ2n) is 8.10. The number of Topliss-reactive ketones (excluding diaryl/α,β-unsaturated/α-hetero) is 1. The monoisotopic (exact) mass is 394 g/mol. The van der Waals surface area contributed by atoms with Crippen molar-refractivity contribution in [1.82, 2.24) is 0 Å². The van der Waals surface area contributed by atoms with Crippen molar-refractivity contribution >= 4 is 21.7 Å². The van der Waals surface area contributed by atoms with E-state index in [0.717, 1.165) is 42.8 Å². The topological polar surface area (TPSA) is 35.2 Å². The van der Waals surface area contributed by atoms with Gasteiger partial charge in [-0.1, -0.05) is 22.9 Å². The van der Waals surface area contributed by atoms with Gasteiger partial charge in [-0.25, -0.2) is 0 Å². The molecule has 0 radical (unpaired) electrons. The van der Waals surface area contributed by atoms with Crippen molar-refractivity contribution in [3.8, 4) is 5.75 Å². The SMILES string of the molecule is CCOc1ccc(Br)cc1C1[NH+]2CC3(C)C[NH+]1CC(CC)(C2)C3=O. The van der Waals surface area contributed by atoms with E-state index in [2.05, 4.69) is 48.0 Å². The standard InChI is InChI=1S/C19H25BrN2O2/c1-4-19-11-21-9-18(3,17(19)23)10-22(12-19)16(21)14-8-13(20)6-7-15(14)24-5-2/h6-8,16H,4-5,9-12H2,1-3H3/p+2. The van der Waals surface area contributed by atoms with E-state index in [9.17, 15) is 4.79 Å². The molecule has 0 aromatic heterocycles. The zero-order valence-corrected chi connectivity index (χ0v) is 16.3. The third-order valence-electron chi connectivity index (χ3n) is 6.47. The molecule has 2 unspecified atom stereocenters. The van der Waals surface area contributed by atoms with Crippen molar-refractivity contribution in [3.63, 3.8) is 0 Å². The number of ether oxygens (including phenoxy) is 1. The first kappa shape index (κ1) is 16.6. The number of piperidine rings is 2. The lowest BCUT2D eigenvalue weighted by Gasteiger charge is -2.59. The fraction of sp³-hybridized carbons (Fsp3) is 0.632. The molecule has 2 atom stereocenters. The van der Waals surface area contributed by atoms with E-state index in [0.29, 0.717) is 18.6 Å². The van der Waals surface area contributed by atoms with Crippen molar-refractivity contribution < 1.29 is 19.3 Å². The number of hydrogen-bond donors (Lipinski definition) is 2. The molecule has 0 aliphatic carbocycles. The third-order valence-corrected chi connectivity index (χ3v) is 6.96. The first-order chi connectivity index (χ1) is 11.4. The molecule has 4 bridgehead atoms. The fourth-order valence-electron chi connectivity index (χ4n) is 5.66. The van der Waals surface area contributed by atoms with Gasteiger partial charge in [-0.15, -0.1) is 0 Å². The smallest absolute Gasteiger partial charge is 0.244 e. The van der Waals surface area contributed by atoms with E-state index < -0.39 is 0 Å². The lowest BCUT2D eigenvalue weighted by Crippen LogP contribution is -3.41. The van der Waals surface area contributed by atoms with Crippen LogP contribution in [-0.2, 0) is 4.79 Å². The Labute approximate surface area is 152 Å². The number of ketones is 1. The number of carbonyl (C=O) groups excluding carboxylic acids is 1. The molecule has 4 nitrogen and oxygen atoms in total. The summed E-state index contributed by atoms with van der Waals surface area (Å²) in [5, 5.41) is 0. The van der Waals surface area contributed by atoms with Crippen molar-refractivity contribution in [2.75, 3.05) is 32.8 Å². The molecule has 5 rings (SSSR count). The van der Waals surface area contributed by atoms with Gasteiger partial charge in [-0.3, -0.25) is 14.6 Å². The molecule has 0 saturated carbocycles. The minimum absolute atomic E-state index is 0.107. The number of rotatable bonds is 4. The molecule has 1 aromatic carbocycles. The zero-order chi connectivity index (χ0) is 17.1. The molecule has 4 heterocycles. The second kappa shape index (κ2) is 5.55. The molecular formula is C19H27BrN2O2+2. The predicted octanol–water partition coefficient (Wildman–Crippen LogP) is 0.629. The molecule has 2 N–H and O–H groups in total. The molecule has 4 saturated heterocycles. The molecule has 0 spiro atoms. The molecule has 24 heavy (non-hydrogen) atoms. The van der Waals surface area contributed by atoms with Crippen LogP contribution >= 0.6 is 15.9 Å². The highest BCUT2D eigenvalue weighted by Crippen LogP contribution is 2.39. The maximum absolute atomic E-state index is 13.1. The molecule has 4 aliphatic rings. The Morgan fingerprint density at radius 1 is 1.21 bits per heavy atom. The Morgan fingerprint density at radius 3 is 2.46 bits per heavy atom. The van der Waals surface area contributed by atoms with Gasteiger partial charge < -0.3 is 4.74 Å². The molecular weight excluding hydrogens is 368 g/mol. The summed E-state index contributed by atoms with van der Waals surface area (Å²) in [7, 11) is 0. The van der Waals surface area contributed by atoms with Gasteiger partial charge >= 0.3 is 0 Å². The van der Waals surface area contributed by atoms with Crippen LogP contribution in [0, 0.1) is 10.8 Å². The van der Waals surface area contributed by atoms with Crippen molar-refractivity contribution in [3.05, 3.63) is 28.2 Å². The molecule has 5 heteroatoms. The van der Waals surface area contributed by atoms with Crippen molar-refractivity contribution in [2.45, 2.75) is 33.4 Å². The number of carbonyl (C=O) groups is 1. The number of nitrogens with one attached hydrogen (secondary N) is 2. The number of quaternary nitrogens is 2. The Morgan fingerprint density at radius 2 is 1.88 bits per heavy atom. The van der Waals surface area contributed by atoms with Crippen LogP contribution in [0.15, 0.2) is 22.7 Å². The average Bonchev–Trinajstić information content (AvgIpc) is 2.53. The Hall–Kier alpha value is -0.910. The van der Waals surface area contributed by atoms with Gasteiger partial charge in [-0.2, -0.15) is 0 Å². The average molecular weight is 395 g/mol. The molecule has 130 valence electrons. The van der Waals surface area contributed by atoms with Crippen LogP contribution in [0.5, 0.6) is 5.75 Å². The number of benzene rings is 1. The molecule has 4 fully saturated rings. The Bertz CT molecular complexity index is 674. The van der Waals surface area contributed by atoms with Gasteiger partial charge in [0, 0.05) is 4.47 Å². The highest BCUT2D eigenvalue weighted by Gasteiger charge is 2.69. The lowest BCUT2D eigenvalue weighted by atomic mass is 9.60. The van der Waals surface area contributed by atoms with Gasteiger partial charge in [0.2, 0.25) is 6.17 Å². The van der Waals surface area contributed by atoms with E-state index in [1.807, 2.05) is 6.92 Å². The fourth-order valence-corrected chi connectivity index (χ4v) is 6.04. The Balaban J connectivity index is 1.76. The van der Waals surface area contributed by atoms with Crippen LogP contribution in [-0.4, -0.2) is 38.6 Å². The van der Waals surface area contributed by atoms with E-state index in [4.69, 9.17) is 4.74 Å². The van der Waals surface area contributed by atoms with E-state index >= 15 is 0 Å². The minimum Gasteiger partial charge on any atom is -0.493 e. The first-order valence-electron chi connectivity index (χ1n) is 9.09. The van der Waals surface area contributed by atoms with Crippen LogP contribution in [0.25, 0.3) is 0 Å². The summed E-state index contributed by atoms with van der Waals surface area (Å²) in [6, 6.07) is 6.36. The normalized spacial score (nSPS) is 40.2. The highest BCUT2D eigenvalue weighted by atomic mass is 79.9. The summed E-state index contributed by atoms with van der Waals surface area (Å²) in [5.74, 6) is 1.53. The Kier molecular flexibility index (Phi) is 3.83. The highest BCUT2D eigenvalue weighted by molar-refractivity contribution is 9.10. The summed E-state index contributed by atoms with van der Waals surface area (Å²) in [4.78, 5) is 16.2. The van der Waals surface area contributed by atoms with E-state index in [1.54, 1.807) is 9.80 Å². The number of hydrogen-bond acceptors (Lipinski definition) is 2. The number of halogens is 1. The minimum atomic E-state index is -0.147. The van der Waals surface area contributed by atoms with E-state index in [1.165, 1.54) is 5.56 Å². The summed E-state index contributed by atoms with van der Waals surface area (Å²) in [6.45, 7) is 11.0. The van der Waals surface area contributed by atoms with Gasteiger partial charge in [-0.05, 0) is 38.5 Å². The summed E-state index contributed by atoms with van der Waals surface area (Å²) >= 11 is 3.63. The predicted molar refractivity (Wildman–Crippen MR) is 95.3 cm³/mol. The van der Waals surface area contributed by atoms with Crippen LogP contribution in [0.2, 0.25) is 0 Å². The van der Waals surface area contributed by atoms with Crippen LogP contribution in [0.1, 0.15) is 38.9 Å². The van der Waals surface area contributed by atoms with Crippen LogP contribution in [0.4, 0.5) is 0 Å². The maximum Gasteiger partial charge on any atom is 0.244 e.